The standard InChI is InChI=1S/C15H29N/c1-4-13-6-5-7-15(13)8-9-16-11-14(15)10-12(2)3/h12-14,16H,4-11H2,1-3H3. The summed E-state index contributed by atoms with van der Waals surface area (Å²) in [6.07, 6.45) is 8.81. The van der Waals surface area contributed by atoms with Gasteiger partial charge in [-0.1, -0.05) is 33.6 Å². The Morgan fingerprint density at radius 3 is 2.75 bits per heavy atom. The maximum absolute atomic E-state index is 3.64. The lowest BCUT2D eigenvalue weighted by molar-refractivity contribution is 0.0441. The molecule has 3 atom stereocenters. The van der Waals surface area contributed by atoms with Gasteiger partial charge in [-0.15, -0.1) is 0 Å². The van der Waals surface area contributed by atoms with E-state index in [4.69, 9.17) is 0 Å². The van der Waals surface area contributed by atoms with Crippen molar-refractivity contribution in [3.63, 3.8) is 0 Å². The van der Waals surface area contributed by atoms with Gasteiger partial charge in [-0.25, -0.2) is 0 Å². The van der Waals surface area contributed by atoms with E-state index in [0.717, 1.165) is 23.2 Å². The van der Waals surface area contributed by atoms with Crippen LogP contribution in [-0.2, 0) is 0 Å². The molecule has 2 fully saturated rings. The fraction of sp³-hybridized carbons (Fsp3) is 1.00. The van der Waals surface area contributed by atoms with Crippen molar-refractivity contribution < 1.29 is 0 Å². The molecule has 2 rings (SSSR count). The predicted molar refractivity (Wildman–Crippen MR) is 70.5 cm³/mol. The van der Waals surface area contributed by atoms with Crippen molar-refractivity contribution in [1.82, 2.24) is 5.32 Å². The van der Waals surface area contributed by atoms with E-state index in [1.54, 1.807) is 0 Å². The summed E-state index contributed by atoms with van der Waals surface area (Å²) in [4.78, 5) is 0. The van der Waals surface area contributed by atoms with Crippen LogP contribution in [0.25, 0.3) is 0 Å². The van der Waals surface area contributed by atoms with Crippen LogP contribution >= 0.6 is 0 Å². The van der Waals surface area contributed by atoms with E-state index in [1.165, 1.54) is 51.6 Å². The van der Waals surface area contributed by atoms with Gasteiger partial charge < -0.3 is 5.32 Å². The summed E-state index contributed by atoms with van der Waals surface area (Å²) in [5.41, 5.74) is 0.726. The van der Waals surface area contributed by atoms with Crippen LogP contribution in [0.3, 0.4) is 0 Å². The van der Waals surface area contributed by atoms with E-state index in [1.807, 2.05) is 0 Å². The molecule has 1 saturated carbocycles. The minimum Gasteiger partial charge on any atom is -0.316 e. The number of rotatable bonds is 3. The summed E-state index contributed by atoms with van der Waals surface area (Å²) >= 11 is 0. The van der Waals surface area contributed by atoms with Gasteiger partial charge in [0.1, 0.15) is 0 Å². The third-order valence-corrected chi connectivity index (χ3v) is 5.23. The molecule has 1 nitrogen and oxygen atoms in total. The van der Waals surface area contributed by atoms with Gasteiger partial charge in [-0.3, -0.25) is 0 Å². The first-order chi connectivity index (χ1) is 7.69. The lowest BCUT2D eigenvalue weighted by Gasteiger charge is -2.47. The average molecular weight is 223 g/mol. The molecule has 1 aliphatic carbocycles. The molecule has 94 valence electrons. The Labute approximate surface area is 101 Å². The summed E-state index contributed by atoms with van der Waals surface area (Å²) in [5.74, 6) is 2.84. The molecule has 0 bridgehead atoms. The monoisotopic (exact) mass is 223 g/mol. The van der Waals surface area contributed by atoms with E-state index in [2.05, 4.69) is 26.1 Å². The Kier molecular flexibility index (Phi) is 3.94. The molecular formula is C15H29N. The molecule has 1 heteroatoms. The lowest BCUT2D eigenvalue weighted by Crippen LogP contribution is -2.47. The Morgan fingerprint density at radius 1 is 1.25 bits per heavy atom. The molecule has 0 radical (unpaired) electrons. The SMILES string of the molecule is CCC1CCCC12CCNCC2CC(C)C. The summed E-state index contributed by atoms with van der Waals surface area (Å²) in [7, 11) is 0. The van der Waals surface area contributed by atoms with Crippen LogP contribution in [0.4, 0.5) is 0 Å². The highest BCUT2D eigenvalue weighted by molar-refractivity contribution is 4.99. The van der Waals surface area contributed by atoms with Gasteiger partial charge in [0.2, 0.25) is 0 Å². The molecule has 1 aliphatic heterocycles. The number of nitrogens with one attached hydrogen (secondary N) is 1. The first-order valence-corrected chi connectivity index (χ1v) is 7.39. The average Bonchev–Trinajstić information content (AvgIpc) is 2.65. The van der Waals surface area contributed by atoms with Crippen molar-refractivity contribution in [3.05, 3.63) is 0 Å². The predicted octanol–water partition coefficient (Wildman–Crippen LogP) is 3.84. The van der Waals surface area contributed by atoms with Crippen LogP contribution in [-0.4, -0.2) is 13.1 Å². The molecule has 3 unspecified atom stereocenters. The van der Waals surface area contributed by atoms with Crippen molar-refractivity contribution in [3.8, 4) is 0 Å². The normalized spacial score (nSPS) is 39.8. The molecular weight excluding hydrogens is 194 g/mol. The minimum atomic E-state index is 0.726. The summed E-state index contributed by atoms with van der Waals surface area (Å²) in [6.45, 7) is 9.74. The second kappa shape index (κ2) is 5.08. The fourth-order valence-electron chi connectivity index (χ4n) is 4.54. The highest BCUT2D eigenvalue weighted by Crippen LogP contribution is 2.54. The third kappa shape index (κ3) is 2.16. The number of piperidine rings is 1. The molecule has 1 N–H and O–H groups in total. The van der Waals surface area contributed by atoms with Crippen LogP contribution in [0.1, 0.15) is 59.3 Å². The van der Waals surface area contributed by atoms with E-state index in [9.17, 15) is 0 Å². The van der Waals surface area contributed by atoms with Gasteiger partial charge in [-0.2, -0.15) is 0 Å². The zero-order valence-electron chi connectivity index (χ0n) is 11.4. The van der Waals surface area contributed by atoms with Crippen LogP contribution in [0.5, 0.6) is 0 Å². The summed E-state index contributed by atoms with van der Waals surface area (Å²) < 4.78 is 0. The molecule has 0 aromatic carbocycles. The molecule has 0 aromatic rings. The van der Waals surface area contributed by atoms with Crippen molar-refractivity contribution in [2.24, 2.45) is 23.2 Å². The highest BCUT2D eigenvalue weighted by Gasteiger charge is 2.48. The molecule has 2 aliphatic rings. The molecule has 1 spiro atoms. The Morgan fingerprint density at radius 2 is 2.06 bits per heavy atom. The van der Waals surface area contributed by atoms with Crippen molar-refractivity contribution >= 4 is 0 Å². The molecule has 16 heavy (non-hydrogen) atoms. The van der Waals surface area contributed by atoms with Gasteiger partial charge in [0.05, 0.1) is 0 Å². The highest BCUT2D eigenvalue weighted by atomic mass is 14.9. The maximum Gasteiger partial charge on any atom is -0.00150 e. The second-order valence-electron chi connectivity index (χ2n) is 6.51. The molecule has 1 heterocycles. The van der Waals surface area contributed by atoms with Crippen molar-refractivity contribution in [2.75, 3.05) is 13.1 Å². The van der Waals surface area contributed by atoms with Gasteiger partial charge in [0.25, 0.3) is 0 Å². The maximum atomic E-state index is 3.64. The summed E-state index contributed by atoms with van der Waals surface area (Å²) in [5, 5.41) is 3.64. The minimum absolute atomic E-state index is 0.726. The van der Waals surface area contributed by atoms with Crippen LogP contribution in [0.15, 0.2) is 0 Å². The second-order valence-corrected chi connectivity index (χ2v) is 6.51. The van der Waals surface area contributed by atoms with Crippen LogP contribution < -0.4 is 5.32 Å². The Bertz CT molecular complexity index is 223. The van der Waals surface area contributed by atoms with E-state index in [0.29, 0.717) is 0 Å². The van der Waals surface area contributed by atoms with Crippen LogP contribution in [0.2, 0.25) is 0 Å². The largest absolute Gasteiger partial charge is 0.316 e. The van der Waals surface area contributed by atoms with Gasteiger partial charge in [0.15, 0.2) is 0 Å². The lowest BCUT2D eigenvalue weighted by atomic mass is 9.61. The fourth-order valence-corrected chi connectivity index (χ4v) is 4.54. The first kappa shape index (κ1) is 12.4. The van der Waals surface area contributed by atoms with Gasteiger partial charge >= 0.3 is 0 Å². The first-order valence-electron chi connectivity index (χ1n) is 7.39. The number of hydrogen-bond acceptors (Lipinski definition) is 1. The van der Waals surface area contributed by atoms with Crippen molar-refractivity contribution in [2.45, 2.75) is 59.3 Å². The Balaban J connectivity index is 2.13. The van der Waals surface area contributed by atoms with Crippen LogP contribution in [0, 0.1) is 23.2 Å². The summed E-state index contributed by atoms with van der Waals surface area (Å²) in [6, 6.07) is 0. The number of hydrogen-bond donors (Lipinski definition) is 1. The van der Waals surface area contributed by atoms with Gasteiger partial charge in [0, 0.05) is 0 Å². The quantitative estimate of drug-likeness (QED) is 0.766. The topological polar surface area (TPSA) is 12.0 Å². The third-order valence-electron chi connectivity index (χ3n) is 5.23. The smallest absolute Gasteiger partial charge is 0.00150 e. The molecule has 1 saturated heterocycles. The molecule has 0 aromatic heterocycles. The zero-order valence-corrected chi connectivity index (χ0v) is 11.4. The van der Waals surface area contributed by atoms with E-state index >= 15 is 0 Å². The van der Waals surface area contributed by atoms with Crippen molar-refractivity contribution in [1.29, 1.82) is 0 Å². The zero-order chi connectivity index (χ0) is 11.6. The molecule has 0 amide bonds. The van der Waals surface area contributed by atoms with E-state index < -0.39 is 0 Å². The van der Waals surface area contributed by atoms with Gasteiger partial charge in [-0.05, 0) is 61.9 Å². The Hall–Kier alpha value is -0.0400. The van der Waals surface area contributed by atoms with E-state index in [-0.39, 0.29) is 0 Å².